The number of thiophene rings is 1. The van der Waals surface area contributed by atoms with Gasteiger partial charge in [-0.3, -0.25) is 9.59 Å². The van der Waals surface area contributed by atoms with Gasteiger partial charge in [-0.05, 0) is 73.9 Å². The lowest BCUT2D eigenvalue weighted by molar-refractivity contribution is -0.135. The third-order valence-corrected chi connectivity index (χ3v) is 8.28. The summed E-state index contributed by atoms with van der Waals surface area (Å²) in [6.07, 6.45) is 1.77. The summed E-state index contributed by atoms with van der Waals surface area (Å²) in [5, 5.41) is 2.10. The van der Waals surface area contributed by atoms with E-state index in [-0.39, 0.29) is 24.4 Å². The molecule has 1 aliphatic heterocycles. The summed E-state index contributed by atoms with van der Waals surface area (Å²) in [4.78, 5) is 32.2. The van der Waals surface area contributed by atoms with Crippen LogP contribution in [0, 0.1) is 26.7 Å². The molecule has 5 nitrogen and oxygen atoms in total. The molecule has 1 aromatic heterocycles. The molecule has 0 spiro atoms. The van der Waals surface area contributed by atoms with Gasteiger partial charge in [-0.25, -0.2) is 0 Å². The van der Waals surface area contributed by atoms with Crippen LogP contribution < -0.4 is 4.74 Å². The number of amides is 2. The number of carbonyl (C=O) groups is 2. The van der Waals surface area contributed by atoms with E-state index in [1.54, 1.807) is 16.2 Å². The molecule has 0 radical (unpaired) electrons. The molecule has 2 atom stereocenters. The Morgan fingerprint density at radius 3 is 2.51 bits per heavy atom. The highest BCUT2D eigenvalue weighted by Crippen LogP contribution is 2.34. The molecule has 2 aromatic carbocycles. The van der Waals surface area contributed by atoms with Crippen molar-refractivity contribution in [2.75, 3.05) is 26.2 Å². The lowest BCUT2D eigenvalue weighted by atomic mass is 10.00. The van der Waals surface area contributed by atoms with Crippen molar-refractivity contribution in [3.8, 4) is 5.75 Å². The van der Waals surface area contributed by atoms with E-state index in [0.29, 0.717) is 31.2 Å². The van der Waals surface area contributed by atoms with Crippen LogP contribution in [-0.4, -0.2) is 47.9 Å². The van der Waals surface area contributed by atoms with E-state index in [4.69, 9.17) is 4.74 Å². The molecule has 0 aliphatic carbocycles. The van der Waals surface area contributed by atoms with E-state index in [9.17, 15) is 9.59 Å². The fraction of sp³-hybridized carbons (Fsp3) is 0.419. The van der Waals surface area contributed by atoms with Crippen LogP contribution in [0.1, 0.15) is 63.8 Å². The minimum Gasteiger partial charge on any atom is -0.491 e. The molecule has 2 amide bonds. The number of nitrogens with zero attached hydrogens (tertiary/aromatic N) is 2. The Morgan fingerprint density at radius 1 is 1.08 bits per heavy atom. The highest BCUT2D eigenvalue weighted by Gasteiger charge is 2.34. The summed E-state index contributed by atoms with van der Waals surface area (Å²) in [6, 6.07) is 15.7. The fourth-order valence-electron chi connectivity index (χ4n) is 4.86. The van der Waals surface area contributed by atoms with Crippen molar-refractivity contribution in [1.29, 1.82) is 0 Å². The predicted octanol–water partition coefficient (Wildman–Crippen LogP) is 6.37. The normalized spacial score (nSPS) is 15.7. The highest BCUT2D eigenvalue weighted by molar-refractivity contribution is 7.10. The van der Waals surface area contributed by atoms with Crippen molar-refractivity contribution in [2.24, 2.45) is 5.92 Å². The first-order valence-corrected chi connectivity index (χ1v) is 14.1. The maximum Gasteiger partial charge on any atom is 0.254 e. The number of fused-ring (bicyclic) bond motifs is 1. The number of hydrogen-bond donors (Lipinski definition) is 0. The standard InChI is InChI=1S/C31H38N2O3S/c1-6-21(2)18-32(31(35)25-10-7-22(3)8-11-25)19-30(34)33-15-13-29-26(14-16-37-29)27(33)20-36-28-12-9-23(4)17-24(28)5/h7-12,14,16-17,21,27H,6,13,15,18-20H2,1-5H3/t21-,27-/m0/s1. The lowest BCUT2D eigenvalue weighted by Gasteiger charge is -2.37. The average molecular weight is 519 g/mol. The Bertz CT molecular complexity index is 1230. The molecule has 4 rings (SSSR count). The summed E-state index contributed by atoms with van der Waals surface area (Å²) in [6.45, 7) is 12.0. The zero-order valence-corrected chi connectivity index (χ0v) is 23.4. The highest BCUT2D eigenvalue weighted by atomic mass is 32.1. The second-order valence-corrected chi connectivity index (χ2v) is 11.3. The quantitative estimate of drug-likeness (QED) is 0.331. The molecule has 0 N–H and O–H groups in total. The van der Waals surface area contributed by atoms with Gasteiger partial charge in [-0.1, -0.05) is 55.7 Å². The molecule has 1 aliphatic rings. The minimum atomic E-state index is -0.178. The van der Waals surface area contributed by atoms with Crippen LogP contribution in [0.4, 0.5) is 0 Å². The van der Waals surface area contributed by atoms with Gasteiger partial charge in [0.1, 0.15) is 18.9 Å². The molecule has 0 unspecified atom stereocenters. The largest absolute Gasteiger partial charge is 0.491 e. The summed E-state index contributed by atoms with van der Waals surface area (Å²) in [5.74, 6) is 1.02. The smallest absolute Gasteiger partial charge is 0.254 e. The predicted molar refractivity (Wildman–Crippen MR) is 150 cm³/mol. The van der Waals surface area contributed by atoms with Gasteiger partial charge in [-0.2, -0.15) is 0 Å². The second kappa shape index (κ2) is 12.0. The first-order valence-electron chi connectivity index (χ1n) is 13.2. The van der Waals surface area contributed by atoms with Crippen molar-refractivity contribution in [3.63, 3.8) is 0 Å². The number of benzene rings is 2. The molecule has 0 saturated carbocycles. The number of aryl methyl sites for hydroxylation is 3. The Kier molecular flexibility index (Phi) is 8.70. The average Bonchev–Trinajstić information content (AvgIpc) is 3.37. The van der Waals surface area contributed by atoms with E-state index >= 15 is 0 Å². The Labute approximate surface area is 225 Å². The Hall–Kier alpha value is -3.12. The van der Waals surface area contributed by atoms with Gasteiger partial charge in [0, 0.05) is 23.5 Å². The fourth-order valence-corrected chi connectivity index (χ4v) is 5.79. The van der Waals surface area contributed by atoms with Crippen LogP contribution in [0.2, 0.25) is 0 Å². The third-order valence-electron chi connectivity index (χ3n) is 7.28. The lowest BCUT2D eigenvalue weighted by Crippen LogP contribution is -2.48. The molecule has 37 heavy (non-hydrogen) atoms. The molecule has 0 fully saturated rings. The van der Waals surface area contributed by atoms with Gasteiger partial charge in [0.05, 0.1) is 6.04 Å². The summed E-state index contributed by atoms with van der Waals surface area (Å²) in [5.41, 5.74) is 5.16. The van der Waals surface area contributed by atoms with E-state index in [1.165, 1.54) is 10.4 Å². The molecule has 0 saturated heterocycles. The van der Waals surface area contributed by atoms with Crippen molar-refractivity contribution < 1.29 is 14.3 Å². The van der Waals surface area contributed by atoms with Crippen LogP contribution in [0.25, 0.3) is 0 Å². The third kappa shape index (κ3) is 6.42. The second-order valence-electron chi connectivity index (χ2n) is 10.3. The van der Waals surface area contributed by atoms with Gasteiger partial charge < -0.3 is 14.5 Å². The molecule has 196 valence electrons. The number of rotatable bonds is 9. The van der Waals surface area contributed by atoms with Crippen molar-refractivity contribution >= 4 is 23.2 Å². The maximum absolute atomic E-state index is 13.8. The van der Waals surface area contributed by atoms with E-state index in [0.717, 1.165) is 35.3 Å². The summed E-state index contributed by atoms with van der Waals surface area (Å²) >= 11 is 1.74. The molecule has 0 bridgehead atoms. The van der Waals surface area contributed by atoms with Crippen LogP contribution in [0.15, 0.2) is 53.9 Å². The van der Waals surface area contributed by atoms with E-state index in [1.807, 2.05) is 55.1 Å². The minimum absolute atomic E-state index is 0.0326. The first kappa shape index (κ1) is 26.9. The number of carbonyl (C=O) groups excluding carboxylic acids is 2. The Morgan fingerprint density at radius 2 is 1.81 bits per heavy atom. The molecule has 2 heterocycles. The first-order chi connectivity index (χ1) is 17.8. The summed E-state index contributed by atoms with van der Waals surface area (Å²) < 4.78 is 6.28. The van der Waals surface area contributed by atoms with Crippen molar-refractivity contribution in [2.45, 2.75) is 53.5 Å². The van der Waals surface area contributed by atoms with Crippen molar-refractivity contribution in [1.82, 2.24) is 9.80 Å². The number of ether oxygens (including phenoxy) is 1. The van der Waals surface area contributed by atoms with Crippen molar-refractivity contribution in [3.05, 3.63) is 86.6 Å². The molecule has 3 aromatic rings. The van der Waals surface area contributed by atoms with E-state index in [2.05, 4.69) is 38.3 Å². The van der Waals surface area contributed by atoms with Crippen LogP contribution in [-0.2, 0) is 11.2 Å². The van der Waals surface area contributed by atoms with Gasteiger partial charge >= 0.3 is 0 Å². The van der Waals surface area contributed by atoms with Gasteiger partial charge in [0.15, 0.2) is 0 Å². The molecular formula is C31H38N2O3S. The summed E-state index contributed by atoms with van der Waals surface area (Å²) in [7, 11) is 0. The monoisotopic (exact) mass is 518 g/mol. The SMILES string of the molecule is CC[C@H](C)CN(CC(=O)N1CCc2sccc2[C@@H]1COc1ccc(C)cc1C)C(=O)c1ccc(C)cc1. The van der Waals surface area contributed by atoms with Crippen LogP contribution >= 0.6 is 11.3 Å². The van der Waals surface area contributed by atoms with Crippen LogP contribution in [0.3, 0.4) is 0 Å². The van der Waals surface area contributed by atoms with Gasteiger partial charge in [0.25, 0.3) is 5.91 Å². The maximum atomic E-state index is 13.8. The zero-order valence-electron chi connectivity index (χ0n) is 22.6. The number of hydrogen-bond acceptors (Lipinski definition) is 4. The van der Waals surface area contributed by atoms with Crippen LogP contribution in [0.5, 0.6) is 5.75 Å². The molecular weight excluding hydrogens is 480 g/mol. The Balaban J connectivity index is 1.55. The van der Waals surface area contributed by atoms with E-state index < -0.39 is 0 Å². The zero-order chi connectivity index (χ0) is 26.5. The topological polar surface area (TPSA) is 49.9 Å². The molecule has 6 heteroatoms. The van der Waals surface area contributed by atoms with Gasteiger partial charge in [0.2, 0.25) is 5.91 Å². The van der Waals surface area contributed by atoms with Gasteiger partial charge in [-0.15, -0.1) is 11.3 Å².